The fraction of sp³-hybridized carbons (Fsp3) is 0.308. The summed E-state index contributed by atoms with van der Waals surface area (Å²) in [5.74, 6) is -0.728. The second-order valence-corrected chi connectivity index (χ2v) is 9.24. The number of carboxylic acids is 1. The van der Waals surface area contributed by atoms with Crippen molar-refractivity contribution in [2.24, 2.45) is 0 Å². The number of carbonyl (C=O) groups excluding carboxylic acids is 1. The minimum absolute atomic E-state index is 0.0208. The van der Waals surface area contributed by atoms with Gasteiger partial charge < -0.3 is 25.0 Å². The largest absolute Gasteiger partial charge is 0.481 e. The van der Waals surface area contributed by atoms with Crippen LogP contribution in [0.1, 0.15) is 48.3 Å². The topological polar surface area (TPSA) is 131 Å². The van der Waals surface area contributed by atoms with Crippen molar-refractivity contribution in [1.29, 1.82) is 0 Å². The van der Waals surface area contributed by atoms with Crippen LogP contribution in [0.3, 0.4) is 0 Å². The highest BCUT2D eigenvalue weighted by molar-refractivity contribution is 7.99. The Morgan fingerprint density at radius 1 is 0.972 bits per heavy atom. The minimum Gasteiger partial charge on any atom is -0.481 e. The molecule has 1 fully saturated rings. The average molecular weight is 510 g/mol. The van der Waals surface area contributed by atoms with Crippen LogP contribution in [-0.4, -0.2) is 43.9 Å². The standard InChI is InChI=1S/C26H27N3O6S/c30-15-17-2-4-18(5-3-17)22-14-21(16-36-26-27-12-1-13-28-26)34-25(35-22)19-6-8-20(9-7-19)29-23(31)10-11-24(32)33/h1-9,12-13,21-22,25,30H,10-11,14-16H2,(H,29,31)(H,32,33)/t21-,22+,25+/m1/s1. The van der Waals surface area contributed by atoms with Gasteiger partial charge in [0.05, 0.1) is 25.2 Å². The predicted octanol–water partition coefficient (Wildman–Crippen LogP) is 4.11. The molecule has 0 radical (unpaired) electrons. The summed E-state index contributed by atoms with van der Waals surface area (Å²) >= 11 is 1.52. The first-order valence-electron chi connectivity index (χ1n) is 11.5. The maximum Gasteiger partial charge on any atom is 0.303 e. The third kappa shape index (κ3) is 7.34. The first kappa shape index (κ1) is 25.8. The Morgan fingerprint density at radius 3 is 2.33 bits per heavy atom. The van der Waals surface area contributed by atoms with Gasteiger partial charge in [-0.1, -0.05) is 48.2 Å². The number of aliphatic hydroxyl groups excluding tert-OH is 1. The lowest BCUT2D eigenvalue weighted by Gasteiger charge is -2.36. The Balaban J connectivity index is 1.46. The molecular formula is C26H27N3O6S. The van der Waals surface area contributed by atoms with E-state index in [4.69, 9.17) is 14.6 Å². The van der Waals surface area contributed by atoms with Crippen molar-refractivity contribution in [3.05, 3.63) is 83.7 Å². The molecule has 3 aromatic rings. The molecule has 1 saturated heterocycles. The maximum atomic E-state index is 11.9. The normalized spacial score (nSPS) is 19.5. The lowest BCUT2D eigenvalue weighted by molar-refractivity contribution is -0.245. The summed E-state index contributed by atoms with van der Waals surface area (Å²) in [6, 6.07) is 16.6. The number of anilines is 1. The van der Waals surface area contributed by atoms with E-state index in [1.165, 1.54) is 11.8 Å². The van der Waals surface area contributed by atoms with Crippen LogP contribution in [0.2, 0.25) is 0 Å². The highest BCUT2D eigenvalue weighted by atomic mass is 32.2. The van der Waals surface area contributed by atoms with E-state index in [1.807, 2.05) is 36.4 Å². The number of ether oxygens (including phenoxy) is 2. The Kier molecular flexibility index (Phi) is 9.01. The molecule has 36 heavy (non-hydrogen) atoms. The van der Waals surface area contributed by atoms with Crippen LogP contribution in [0.5, 0.6) is 0 Å². The van der Waals surface area contributed by atoms with E-state index >= 15 is 0 Å². The quantitative estimate of drug-likeness (QED) is 0.273. The fourth-order valence-corrected chi connectivity index (χ4v) is 4.54. The molecule has 0 bridgehead atoms. The van der Waals surface area contributed by atoms with Crippen molar-refractivity contribution in [3.8, 4) is 0 Å². The van der Waals surface area contributed by atoms with Gasteiger partial charge in [0, 0.05) is 42.2 Å². The Labute approximate surface area is 212 Å². The minimum atomic E-state index is -1.01. The maximum absolute atomic E-state index is 11.9. The van der Waals surface area contributed by atoms with Crippen molar-refractivity contribution >= 4 is 29.3 Å². The summed E-state index contributed by atoms with van der Waals surface area (Å²) in [6.45, 7) is -0.0208. The fourth-order valence-electron chi connectivity index (χ4n) is 3.72. The number of carbonyl (C=O) groups is 2. The van der Waals surface area contributed by atoms with Crippen LogP contribution < -0.4 is 5.32 Å². The van der Waals surface area contributed by atoms with Crippen molar-refractivity contribution in [1.82, 2.24) is 9.97 Å². The molecule has 0 saturated carbocycles. The third-order valence-electron chi connectivity index (χ3n) is 5.59. The van der Waals surface area contributed by atoms with E-state index in [-0.39, 0.29) is 37.6 Å². The van der Waals surface area contributed by atoms with E-state index in [9.17, 15) is 14.7 Å². The van der Waals surface area contributed by atoms with E-state index in [1.54, 1.807) is 30.6 Å². The van der Waals surface area contributed by atoms with Gasteiger partial charge in [0.1, 0.15) is 0 Å². The zero-order chi connectivity index (χ0) is 25.3. The molecule has 3 N–H and O–H groups in total. The number of aliphatic hydroxyl groups is 1. The molecule has 2 heterocycles. The first-order valence-corrected chi connectivity index (χ1v) is 12.5. The number of carboxylic acid groups (broad SMARTS) is 1. The lowest BCUT2D eigenvalue weighted by Crippen LogP contribution is -2.31. The molecule has 3 atom stereocenters. The van der Waals surface area contributed by atoms with Gasteiger partial charge in [0.2, 0.25) is 5.91 Å². The molecule has 2 aromatic carbocycles. The highest BCUT2D eigenvalue weighted by Crippen LogP contribution is 2.39. The van der Waals surface area contributed by atoms with E-state index in [2.05, 4.69) is 15.3 Å². The van der Waals surface area contributed by atoms with Gasteiger partial charge in [-0.25, -0.2) is 9.97 Å². The van der Waals surface area contributed by atoms with Crippen LogP contribution in [0, 0.1) is 0 Å². The van der Waals surface area contributed by atoms with E-state index in [0.717, 1.165) is 16.7 Å². The lowest BCUT2D eigenvalue weighted by atomic mass is 10.0. The molecule has 0 spiro atoms. The summed E-state index contributed by atoms with van der Waals surface area (Å²) in [7, 11) is 0. The van der Waals surface area contributed by atoms with Gasteiger partial charge >= 0.3 is 5.97 Å². The van der Waals surface area contributed by atoms with Crippen LogP contribution in [0.25, 0.3) is 0 Å². The molecule has 9 nitrogen and oxygen atoms in total. The van der Waals surface area contributed by atoms with Gasteiger partial charge in [-0.3, -0.25) is 9.59 Å². The molecule has 188 valence electrons. The summed E-state index contributed by atoms with van der Waals surface area (Å²) in [5.41, 5.74) is 3.18. The number of benzene rings is 2. The number of aromatic nitrogens is 2. The van der Waals surface area contributed by atoms with Gasteiger partial charge in [-0.05, 0) is 29.3 Å². The number of amides is 1. The number of hydrogen-bond acceptors (Lipinski definition) is 8. The molecule has 1 aromatic heterocycles. The third-order valence-corrected chi connectivity index (χ3v) is 6.60. The smallest absolute Gasteiger partial charge is 0.303 e. The average Bonchev–Trinajstić information content (AvgIpc) is 2.91. The molecule has 1 amide bonds. The van der Waals surface area contributed by atoms with Crippen molar-refractivity contribution in [2.45, 2.75) is 49.5 Å². The number of rotatable bonds is 10. The first-order chi connectivity index (χ1) is 17.5. The number of aliphatic carboxylic acids is 1. The number of hydrogen-bond donors (Lipinski definition) is 3. The summed E-state index contributed by atoms with van der Waals surface area (Å²) in [6.07, 6.45) is 2.78. The van der Waals surface area contributed by atoms with Crippen molar-refractivity contribution < 1.29 is 29.3 Å². The molecule has 10 heteroatoms. The zero-order valence-electron chi connectivity index (χ0n) is 19.4. The second-order valence-electron chi connectivity index (χ2n) is 8.26. The second kappa shape index (κ2) is 12.6. The van der Waals surface area contributed by atoms with Crippen LogP contribution >= 0.6 is 11.8 Å². The van der Waals surface area contributed by atoms with Crippen LogP contribution in [0.4, 0.5) is 5.69 Å². The molecule has 0 aliphatic carbocycles. The van der Waals surface area contributed by atoms with E-state index < -0.39 is 12.3 Å². The Hall–Kier alpha value is -3.31. The predicted molar refractivity (Wildman–Crippen MR) is 133 cm³/mol. The number of thioether (sulfide) groups is 1. The monoisotopic (exact) mass is 509 g/mol. The summed E-state index contributed by atoms with van der Waals surface area (Å²) in [5, 5.41) is 21.5. The van der Waals surface area contributed by atoms with Gasteiger partial charge in [0.15, 0.2) is 11.4 Å². The van der Waals surface area contributed by atoms with Gasteiger partial charge in [0.25, 0.3) is 0 Å². The highest BCUT2D eigenvalue weighted by Gasteiger charge is 2.32. The van der Waals surface area contributed by atoms with E-state index in [0.29, 0.717) is 23.0 Å². The SMILES string of the molecule is O=C(O)CCC(=O)Nc1ccc([C@H]2O[C@@H](CSc3ncccn3)C[C@@H](c3ccc(CO)cc3)O2)cc1. The number of nitrogens with one attached hydrogen (secondary N) is 1. The van der Waals surface area contributed by atoms with Gasteiger partial charge in [-0.15, -0.1) is 0 Å². The molecular weight excluding hydrogens is 482 g/mol. The Bertz CT molecular complexity index is 1140. The molecule has 1 aliphatic heterocycles. The summed E-state index contributed by atoms with van der Waals surface area (Å²) < 4.78 is 12.6. The summed E-state index contributed by atoms with van der Waals surface area (Å²) in [4.78, 5) is 31.1. The molecule has 1 aliphatic rings. The Morgan fingerprint density at radius 2 is 1.67 bits per heavy atom. The van der Waals surface area contributed by atoms with Crippen LogP contribution in [-0.2, 0) is 25.7 Å². The number of nitrogens with zero attached hydrogens (tertiary/aromatic N) is 2. The zero-order valence-corrected chi connectivity index (χ0v) is 20.3. The van der Waals surface area contributed by atoms with Crippen LogP contribution in [0.15, 0.2) is 72.1 Å². The molecule has 0 unspecified atom stereocenters. The molecule has 4 rings (SSSR count). The van der Waals surface area contributed by atoms with Gasteiger partial charge in [-0.2, -0.15) is 0 Å². The van der Waals surface area contributed by atoms with Crippen molar-refractivity contribution in [3.63, 3.8) is 0 Å². The van der Waals surface area contributed by atoms with Crippen molar-refractivity contribution in [2.75, 3.05) is 11.1 Å².